The highest BCUT2D eigenvalue weighted by atomic mass is 35.5. The first kappa shape index (κ1) is 18.5. The van der Waals surface area contributed by atoms with Gasteiger partial charge in [-0.25, -0.2) is 0 Å². The molecule has 3 rings (SSSR count). The minimum atomic E-state index is -0.317. The van der Waals surface area contributed by atoms with Crippen molar-refractivity contribution in [1.29, 1.82) is 0 Å². The number of nitrogens with zero attached hydrogens (tertiary/aromatic N) is 3. The summed E-state index contributed by atoms with van der Waals surface area (Å²) in [5.41, 5.74) is 2.24. The topological polar surface area (TPSA) is 71.2 Å². The quantitative estimate of drug-likeness (QED) is 0.624. The number of hydrogen-bond acceptors (Lipinski definition) is 4. The fraction of sp³-hybridized carbons (Fsp3) is 0.400. The van der Waals surface area contributed by atoms with Crippen LogP contribution in [-0.2, 0) is 10.8 Å². The molecule has 5 nitrogen and oxygen atoms in total. The molecule has 0 fully saturated rings. The monoisotopic (exact) mass is 373 g/mol. The molecule has 0 atom stereocenters. The molecule has 6 heteroatoms. The van der Waals surface area contributed by atoms with Gasteiger partial charge in [0.15, 0.2) is 17.2 Å². The minimum Gasteiger partial charge on any atom is -0.505 e. The summed E-state index contributed by atoms with van der Waals surface area (Å²) in [5.74, 6) is -0.0381. The molecule has 0 aliphatic rings. The summed E-state index contributed by atoms with van der Waals surface area (Å²) in [6.45, 7) is 12.1. The van der Waals surface area contributed by atoms with Crippen molar-refractivity contribution in [2.24, 2.45) is 0 Å². The van der Waals surface area contributed by atoms with Crippen LogP contribution >= 0.6 is 11.6 Å². The molecular weight excluding hydrogens is 350 g/mol. The SMILES string of the molecule is CC(C)(C)c1cc(C(C)(C)C)c(O)c(-n2nc3ccc(Cl)cc3n2)c1O. The number of benzene rings is 2. The van der Waals surface area contributed by atoms with Gasteiger partial charge in [-0.05, 0) is 35.1 Å². The zero-order valence-corrected chi connectivity index (χ0v) is 16.7. The second-order valence-corrected chi connectivity index (χ2v) is 9.08. The molecule has 0 bridgehead atoms. The Morgan fingerprint density at radius 2 is 1.31 bits per heavy atom. The van der Waals surface area contributed by atoms with E-state index in [0.717, 1.165) is 11.1 Å². The molecule has 1 heterocycles. The third kappa shape index (κ3) is 3.12. The molecule has 0 saturated heterocycles. The zero-order chi connectivity index (χ0) is 19.4. The van der Waals surface area contributed by atoms with E-state index in [-0.39, 0.29) is 28.0 Å². The minimum absolute atomic E-state index is 0.0191. The van der Waals surface area contributed by atoms with Crippen LogP contribution in [0.1, 0.15) is 52.7 Å². The highest BCUT2D eigenvalue weighted by Gasteiger charge is 2.30. The Balaban J connectivity index is 2.37. The van der Waals surface area contributed by atoms with Gasteiger partial charge < -0.3 is 10.2 Å². The van der Waals surface area contributed by atoms with Gasteiger partial charge in [-0.1, -0.05) is 53.1 Å². The van der Waals surface area contributed by atoms with Crippen molar-refractivity contribution in [3.63, 3.8) is 0 Å². The second kappa shape index (κ2) is 5.88. The van der Waals surface area contributed by atoms with Crippen LogP contribution in [0.3, 0.4) is 0 Å². The van der Waals surface area contributed by atoms with E-state index in [1.54, 1.807) is 18.2 Å². The van der Waals surface area contributed by atoms with Crippen molar-refractivity contribution in [1.82, 2.24) is 15.0 Å². The number of hydrogen-bond donors (Lipinski definition) is 2. The Kier molecular flexibility index (Phi) is 4.19. The summed E-state index contributed by atoms with van der Waals surface area (Å²) in [6.07, 6.45) is 0. The van der Waals surface area contributed by atoms with Crippen LogP contribution in [0, 0.1) is 0 Å². The molecule has 0 saturated carbocycles. The average molecular weight is 374 g/mol. The molecule has 0 aliphatic carbocycles. The Morgan fingerprint density at radius 1 is 0.808 bits per heavy atom. The summed E-state index contributed by atoms with van der Waals surface area (Å²) in [5, 5.41) is 31.3. The third-order valence-corrected chi connectivity index (χ3v) is 4.64. The van der Waals surface area contributed by atoms with Crippen molar-refractivity contribution in [2.75, 3.05) is 0 Å². The van der Waals surface area contributed by atoms with E-state index in [1.807, 2.05) is 47.6 Å². The standard InChI is InChI=1S/C20H24ClN3O2/c1-19(2,3)12-10-13(20(4,5)6)18(26)16(17(12)25)24-22-14-8-7-11(21)9-15(14)23-24/h7-10,25-26H,1-6H3. The van der Waals surface area contributed by atoms with Crippen LogP contribution in [0.25, 0.3) is 16.7 Å². The van der Waals surface area contributed by atoms with Gasteiger partial charge >= 0.3 is 0 Å². The number of phenolic OH excluding ortho intramolecular Hbond substituents is 2. The Bertz CT molecular complexity index is 957. The largest absolute Gasteiger partial charge is 0.505 e. The van der Waals surface area contributed by atoms with Crippen LogP contribution in [-0.4, -0.2) is 25.2 Å². The van der Waals surface area contributed by atoms with E-state index in [0.29, 0.717) is 16.1 Å². The Hall–Kier alpha value is -2.27. The van der Waals surface area contributed by atoms with Crippen molar-refractivity contribution >= 4 is 22.6 Å². The molecule has 0 unspecified atom stereocenters. The number of rotatable bonds is 1. The summed E-state index contributed by atoms with van der Waals surface area (Å²) >= 11 is 6.03. The van der Waals surface area contributed by atoms with Crippen molar-refractivity contribution in [3.05, 3.63) is 40.4 Å². The fourth-order valence-electron chi connectivity index (χ4n) is 2.97. The van der Waals surface area contributed by atoms with Gasteiger partial charge in [-0.2, -0.15) is 0 Å². The molecule has 0 amide bonds. The van der Waals surface area contributed by atoms with Gasteiger partial charge in [0, 0.05) is 16.1 Å². The van der Waals surface area contributed by atoms with Crippen LogP contribution in [0.15, 0.2) is 24.3 Å². The predicted octanol–water partition coefficient (Wildman–Crippen LogP) is 5.08. The Morgan fingerprint density at radius 3 is 1.81 bits per heavy atom. The second-order valence-electron chi connectivity index (χ2n) is 8.64. The number of fused-ring (bicyclic) bond motifs is 1. The lowest BCUT2D eigenvalue weighted by Crippen LogP contribution is -2.18. The van der Waals surface area contributed by atoms with E-state index >= 15 is 0 Å². The highest BCUT2D eigenvalue weighted by molar-refractivity contribution is 6.31. The van der Waals surface area contributed by atoms with Gasteiger partial charge in [-0.3, -0.25) is 0 Å². The maximum atomic E-state index is 10.9. The van der Waals surface area contributed by atoms with E-state index < -0.39 is 0 Å². The summed E-state index contributed by atoms with van der Waals surface area (Å²) in [4.78, 5) is 1.29. The van der Waals surface area contributed by atoms with Crippen LogP contribution in [0.4, 0.5) is 0 Å². The molecule has 26 heavy (non-hydrogen) atoms. The molecule has 3 aromatic rings. The highest BCUT2D eigenvalue weighted by Crippen LogP contribution is 2.45. The number of aromatic nitrogens is 3. The molecule has 138 valence electrons. The predicted molar refractivity (Wildman–Crippen MR) is 105 cm³/mol. The molecule has 1 aromatic heterocycles. The first-order valence-electron chi connectivity index (χ1n) is 8.52. The number of aromatic hydroxyl groups is 2. The Labute approximate surface area is 158 Å². The third-order valence-electron chi connectivity index (χ3n) is 4.41. The van der Waals surface area contributed by atoms with E-state index in [9.17, 15) is 10.2 Å². The lowest BCUT2D eigenvalue weighted by atomic mass is 9.79. The molecule has 0 radical (unpaired) electrons. The van der Waals surface area contributed by atoms with Gasteiger partial charge in [0.1, 0.15) is 11.0 Å². The van der Waals surface area contributed by atoms with E-state index in [2.05, 4.69) is 10.2 Å². The molecule has 0 spiro atoms. The van der Waals surface area contributed by atoms with Crippen LogP contribution < -0.4 is 0 Å². The van der Waals surface area contributed by atoms with Gasteiger partial charge in [0.2, 0.25) is 0 Å². The first-order valence-corrected chi connectivity index (χ1v) is 8.90. The van der Waals surface area contributed by atoms with Gasteiger partial charge in [0.05, 0.1) is 0 Å². The van der Waals surface area contributed by atoms with E-state index in [4.69, 9.17) is 11.6 Å². The van der Waals surface area contributed by atoms with Crippen LogP contribution in [0.5, 0.6) is 11.5 Å². The van der Waals surface area contributed by atoms with E-state index in [1.165, 1.54) is 4.80 Å². The molecular formula is C20H24ClN3O2. The summed E-state index contributed by atoms with van der Waals surface area (Å²) in [7, 11) is 0. The normalized spacial score (nSPS) is 12.7. The molecule has 0 aliphatic heterocycles. The summed E-state index contributed by atoms with van der Waals surface area (Å²) < 4.78 is 0. The zero-order valence-electron chi connectivity index (χ0n) is 15.9. The van der Waals surface area contributed by atoms with Gasteiger partial charge in [0.25, 0.3) is 0 Å². The van der Waals surface area contributed by atoms with Crippen molar-refractivity contribution in [2.45, 2.75) is 52.4 Å². The van der Waals surface area contributed by atoms with Crippen molar-refractivity contribution in [3.8, 4) is 17.2 Å². The molecule has 2 N–H and O–H groups in total. The average Bonchev–Trinajstić information content (AvgIpc) is 2.86. The smallest absolute Gasteiger partial charge is 0.169 e. The lowest BCUT2D eigenvalue weighted by Gasteiger charge is -2.28. The van der Waals surface area contributed by atoms with Crippen molar-refractivity contribution < 1.29 is 10.2 Å². The maximum absolute atomic E-state index is 10.9. The maximum Gasteiger partial charge on any atom is 0.169 e. The number of phenols is 2. The molecule has 2 aromatic carbocycles. The number of halogens is 1. The fourth-order valence-corrected chi connectivity index (χ4v) is 3.14. The lowest BCUT2D eigenvalue weighted by molar-refractivity contribution is 0.408. The summed E-state index contributed by atoms with van der Waals surface area (Å²) in [6, 6.07) is 7.06. The van der Waals surface area contributed by atoms with Gasteiger partial charge in [-0.15, -0.1) is 15.0 Å². The first-order chi connectivity index (χ1) is 11.9. The van der Waals surface area contributed by atoms with Crippen LogP contribution in [0.2, 0.25) is 5.02 Å².